The molecule has 1 N–H and O–H groups in total. The summed E-state index contributed by atoms with van der Waals surface area (Å²) in [7, 11) is 0. The molecule has 0 bridgehead atoms. The molecule has 1 saturated heterocycles. The Hall–Kier alpha value is -1.36. The molecule has 0 radical (unpaired) electrons. The van der Waals surface area contributed by atoms with Crippen LogP contribution in [0.2, 0.25) is 0 Å². The Balaban J connectivity index is 1.99. The van der Waals surface area contributed by atoms with Crippen molar-refractivity contribution in [3.05, 3.63) is 11.6 Å². The number of ether oxygens (including phenoxy) is 2. The van der Waals surface area contributed by atoms with Crippen molar-refractivity contribution in [3.63, 3.8) is 0 Å². The topological polar surface area (TPSA) is 72.8 Å². The van der Waals surface area contributed by atoms with E-state index in [1.807, 2.05) is 20.8 Å². The number of hydrogen-bond donors (Lipinski definition) is 1. The first-order chi connectivity index (χ1) is 11.1. The Morgan fingerprint density at radius 1 is 1.46 bits per heavy atom. The molecular formula is C19H28O5. The second-order valence-electron chi connectivity index (χ2n) is 8.27. The third-order valence-electron chi connectivity index (χ3n) is 6.17. The minimum Gasteiger partial charge on any atom is -0.462 e. The van der Waals surface area contributed by atoms with E-state index >= 15 is 0 Å². The number of carbonyl (C=O) groups excluding carboxylic acids is 2. The number of allylic oxidation sites excluding steroid dienone is 1. The summed E-state index contributed by atoms with van der Waals surface area (Å²) >= 11 is 0. The molecule has 1 aliphatic heterocycles. The molecule has 7 atom stereocenters. The molecular weight excluding hydrogens is 308 g/mol. The van der Waals surface area contributed by atoms with Gasteiger partial charge >= 0.3 is 11.9 Å². The van der Waals surface area contributed by atoms with E-state index in [1.54, 1.807) is 13.8 Å². The van der Waals surface area contributed by atoms with Crippen LogP contribution in [0.3, 0.4) is 0 Å². The molecule has 0 aromatic rings. The first kappa shape index (κ1) is 17.5. The van der Waals surface area contributed by atoms with Gasteiger partial charge in [0.2, 0.25) is 0 Å². The van der Waals surface area contributed by atoms with Crippen LogP contribution in [0.1, 0.15) is 47.5 Å². The molecule has 1 heterocycles. The summed E-state index contributed by atoms with van der Waals surface area (Å²) in [6, 6.07) is 0. The fourth-order valence-electron chi connectivity index (χ4n) is 4.75. The predicted molar refractivity (Wildman–Crippen MR) is 87.8 cm³/mol. The maximum Gasteiger partial charge on any atom is 0.309 e. The summed E-state index contributed by atoms with van der Waals surface area (Å²) in [6.07, 6.45) is 2.42. The molecule has 5 heteroatoms. The average Bonchev–Trinajstić information content (AvgIpc) is 2.96. The monoisotopic (exact) mass is 336 g/mol. The zero-order valence-corrected chi connectivity index (χ0v) is 15.1. The molecule has 24 heavy (non-hydrogen) atoms. The first-order valence-electron chi connectivity index (χ1n) is 8.93. The van der Waals surface area contributed by atoms with Gasteiger partial charge in [-0.1, -0.05) is 32.4 Å². The molecule has 0 unspecified atom stereocenters. The van der Waals surface area contributed by atoms with E-state index in [9.17, 15) is 14.7 Å². The fourth-order valence-corrected chi connectivity index (χ4v) is 4.75. The van der Waals surface area contributed by atoms with Gasteiger partial charge in [-0.3, -0.25) is 9.59 Å². The third-order valence-corrected chi connectivity index (χ3v) is 6.17. The average molecular weight is 336 g/mol. The molecule has 134 valence electrons. The summed E-state index contributed by atoms with van der Waals surface area (Å²) in [5.74, 6) is -1.30. The van der Waals surface area contributed by atoms with Crippen molar-refractivity contribution in [2.24, 2.45) is 29.6 Å². The second kappa shape index (κ2) is 5.87. The third kappa shape index (κ3) is 2.67. The Kier molecular flexibility index (Phi) is 4.27. The lowest BCUT2D eigenvalue weighted by atomic mass is 9.76. The highest BCUT2D eigenvalue weighted by molar-refractivity contribution is 5.76. The first-order valence-corrected chi connectivity index (χ1v) is 8.93. The lowest BCUT2D eigenvalue weighted by molar-refractivity contribution is -0.160. The van der Waals surface area contributed by atoms with E-state index in [1.165, 1.54) is 0 Å². The number of carbonyl (C=O) groups is 2. The van der Waals surface area contributed by atoms with Crippen molar-refractivity contribution >= 4 is 11.9 Å². The van der Waals surface area contributed by atoms with Crippen molar-refractivity contribution < 1.29 is 24.2 Å². The lowest BCUT2D eigenvalue weighted by Gasteiger charge is -2.34. The Morgan fingerprint density at radius 2 is 2.12 bits per heavy atom. The van der Waals surface area contributed by atoms with Gasteiger partial charge in [-0.25, -0.2) is 0 Å². The van der Waals surface area contributed by atoms with Gasteiger partial charge in [-0.05, 0) is 20.3 Å². The number of aliphatic hydroxyl groups is 1. The van der Waals surface area contributed by atoms with Gasteiger partial charge in [0.1, 0.15) is 12.2 Å². The molecule has 0 aromatic heterocycles. The minimum atomic E-state index is -0.961. The molecule has 0 spiro atoms. The van der Waals surface area contributed by atoms with Gasteiger partial charge in [-0.2, -0.15) is 0 Å². The van der Waals surface area contributed by atoms with E-state index in [0.29, 0.717) is 6.42 Å². The van der Waals surface area contributed by atoms with Crippen LogP contribution in [-0.2, 0) is 19.1 Å². The Bertz CT molecular complexity index is 576. The van der Waals surface area contributed by atoms with E-state index in [2.05, 4.69) is 6.08 Å². The van der Waals surface area contributed by atoms with E-state index in [-0.39, 0.29) is 47.6 Å². The molecule has 3 aliphatic rings. The normalized spacial score (nSPS) is 44.5. The van der Waals surface area contributed by atoms with Crippen molar-refractivity contribution in [2.45, 2.75) is 65.3 Å². The lowest BCUT2D eigenvalue weighted by Crippen LogP contribution is -2.41. The Labute approximate surface area is 143 Å². The minimum absolute atomic E-state index is 0.00153. The van der Waals surface area contributed by atoms with Crippen molar-refractivity contribution in [3.8, 4) is 0 Å². The number of esters is 2. The molecule has 3 rings (SSSR count). The van der Waals surface area contributed by atoms with Crippen LogP contribution >= 0.6 is 0 Å². The van der Waals surface area contributed by atoms with Gasteiger partial charge in [0, 0.05) is 24.2 Å². The Morgan fingerprint density at radius 3 is 2.75 bits per heavy atom. The number of rotatable bonds is 2. The van der Waals surface area contributed by atoms with Gasteiger partial charge in [0.15, 0.2) is 0 Å². The summed E-state index contributed by atoms with van der Waals surface area (Å²) in [5, 5.41) is 11.1. The highest BCUT2D eigenvalue weighted by Crippen LogP contribution is 2.53. The summed E-state index contributed by atoms with van der Waals surface area (Å²) in [5.41, 5.74) is 0.199. The number of hydrogen-bond acceptors (Lipinski definition) is 5. The van der Waals surface area contributed by atoms with Crippen molar-refractivity contribution in [2.75, 3.05) is 0 Å². The van der Waals surface area contributed by atoms with Gasteiger partial charge in [-0.15, -0.1) is 0 Å². The van der Waals surface area contributed by atoms with Crippen LogP contribution in [0.5, 0.6) is 0 Å². The maximum absolute atomic E-state index is 12.2. The van der Waals surface area contributed by atoms with Crippen molar-refractivity contribution in [1.29, 1.82) is 0 Å². The molecule has 5 nitrogen and oxygen atoms in total. The second-order valence-corrected chi connectivity index (χ2v) is 8.27. The summed E-state index contributed by atoms with van der Waals surface area (Å²) < 4.78 is 11.5. The maximum atomic E-state index is 12.2. The SMILES string of the molecule is CC1=CC[C@@H]2[C@H]1[C@H]1OC(=O)[C@@H](C)[C@@H]1[C@@H](OC(=O)C(C)C)C[C@@]2(C)O. The van der Waals surface area contributed by atoms with Gasteiger partial charge < -0.3 is 14.6 Å². The van der Waals surface area contributed by atoms with Crippen LogP contribution in [-0.4, -0.2) is 34.9 Å². The van der Waals surface area contributed by atoms with Crippen LogP contribution in [0.25, 0.3) is 0 Å². The summed E-state index contributed by atoms with van der Waals surface area (Å²) in [6.45, 7) is 9.27. The number of fused-ring (bicyclic) bond motifs is 3. The molecule has 2 aliphatic carbocycles. The zero-order chi connectivity index (χ0) is 17.8. The van der Waals surface area contributed by atoms with E-state index < -0.39 is 11.7 Å². The zero-order valence-electron chi connectivity index (χ0n) is 15.1. The quantitative estimate of drug-likeness (QED) is 0.619. The van der Waals surface area contributed by atoms with Crippen molar-refractivity contribution in [1.82, 2.24) is 0 Å². The molecule has 2 fully saturated rings. The van der Waals surface area contributed by atoms with Crippen LogP contribution in [0, 0.1) is 29.6 Å². The molecule has 1 saturated carbocycles. The predicted octanol–water partition coefficient (Wildman–Crippen LogP) is 2.47. The molecule has 0 aromatic carbocycles. The fraction of sp³-hybridized carbons (Fsp3) is 0.789. The van der Waals surface area contributed by atoms with Gasteiger partial charge in [0.25, 0.3) is 0 Å². The van der Waals surface area contributed by atoms with Gasteiger partial charge in [0.05, 0.1) is 17.4 Å². The summed E-state index contributed by atoms with van der Waals surface area (Å²) in [4.78, 5) is 24.4. The highest BCUT2D eigenvalue weighted by atomic mass is 16.6. The van der Waals surface area contributed by atoms with E-state index in [4.69, 9.17) is 9.47 Å². The largest absolute Gasteiger partial charge is 0.462 e. The smallest absolute Gasteiger partial charge is 0.309 e. The molecule has 0 amide bonds. The van der Waals surface area contributed by atoms with Crippen LogP contribution in [0.15, 0.2) is 11.6 Å². The highest BCUT2D eigenvalue weighted by Gasteiger charge is 2.59. The van der Waals surface area contributed by atoms with Crippen LogP contribution < -0.4 is 0 Å². The van der Waals surface area contributed by atoms with E-state index in [0.717, 1.165) is 12.0 Å². The van der Waals surface area contributed by atoms with Crippen LogP contribution in [0.4, 0.5) is 0 Å². The standard InChI is InChI=1S/C19H28O5/c1-9(2)17(20)23-13-8-19(5,22)12-7-6-10(3)14(12)16-15(13)11(4)18(21)24-16/h6,9,11-16,22H,7-8H2,1-5H3/t11-,12+,13-,14-,15+,16+,19+/m0/s1.